The van der Waals surface area contributed by atoms with Crippen molar-refractivity contribution in [2.75, 3.05) is 0 Å². The van der Waals surface area contributed by atoms with Crippen LogP contribution in [0.15, 0.2) is 88.8 Å². The zero-order valence-electron chi connectivity index (χ0n) is 12.2. The van der Waals surface area contributed by atoms with E-state index in [2.05, 4.69) is 15.0 Å². The minimum Gasteiger partial charge on any atom is -0.346 e. The normalized spacial score (nSPS) is 13.8. The van der Waals surface area contributed by atoms with Gasteiger partial charge in [-0.2, -0.15) is 0 Å². The van der Waals surface area contributed by atoms with E-state index in [0.29, 0.717) is 5.82 Å². The number of allylic oxidation sites excluding steroid dienone is 1. The molecule has 116 valence electrons. The Balaban J connectivity index is 1.90. The topological polar surface area (TPSA) is 70.6 Å². The predicted molar refractivity (Wildman–Crippen MR) is 91.1 cm³/mol. The average Bonchev–Trinajstić information content (AvgIpc) is 2.84. The highest BCUT2D eigenvalue weighted by atomic mass is 32.2. The van der Waals surface area contributed by atoms with E-state index in [9.17, 15) is 8.42 Å². The van der Waals surface area contributed by atoms with Crippen molar-refractivity contribution in [2.45, 2.75) is 4.90 Å². The van der Waals surface area contributed by atoms with Gasteiger partial charge in [-0.15, -0.1) is 0 Å². The molecule has 2 aromatic rings. The molecule has 1 aliphatic rings. The highest BCUT2D eigenvalue weighted by Crippen LogP contribution is 2.22. The Morgan fingerprint density at radius 2 is 1.74 bits per heavy atom. The largest absolute Gasteiger partial charge is 0.346 e. The summed E-state index contributed by atoms with van der Waals surface area (Å²) < 4.78 is 27.5. The van der Waals surface area contributed by atoms with Gasteiger partial charge in [-0.1, -0.05) is 42.5 Å². The van der Waals surface area contributed by atoms with Crippen LogP contribution in [-0.2, 0) is 10.0 Å². The zero-order valence-corrected chi connectivity index (χ0v) is 13.0. The quantitative estimate of drug-likeness (QED) is 0.908. The predicted octanol–water partition coefficient (Wildman–Crippen LogP) is 2.62. The fraction of sp³-hybridized carbons (Fsp3) is 0. The van der Waals surface area contributed by atoms with Crippen molar-refractivity contribution >= 4 is 16.2 Å². The number of sulfonamides is 1. The van der Waals surface area contributed by atoms with Crippen LogP contribution in [-0.4, -0.2) is 14.6 Å². The van der Waals surface area contributed by atoms with Crippen LogP contribution in [0.2, 0.25) is 0 Å². The maximum absolute atomic E-state index is 12.5. The molecule has 0 bridgehead atoms. The van der Waals surface area contributed by atoms with Crippen LogP contribution < -0.4 is 10.0 Å². The van der Waals surface area contributed by atoms with Gasteiger partial charge in [0.2, 0.25) is 0 Å². The van der Waals surface area contributed by atoms with Gasteiger partial charge in [0.05, 0.1) is 11.1 Å². The van der Waals surface area contributed by atoms with Crippen molar-refractivity contribution in [3.05, 3.63) is 78.9 Å². The first kappa shape index (κ1) is 15.1. The molecule has 0 saturated heterocycles. The summed E-state index contributed by atoms with van der Waals surface area (Å²) in [7, 11) is -3.70. The Morgan fingerprint density at radius 1 is 0.957 bits per heavy atom. The van der Waals surface area contributed by atoms with Crippen molar-refractivity contribution < 1.29 is 8.42 Å². The van der Waals surface area contributed by atoms with Gasteiger partial charge < -0.3 is 5.32 Å². The first-order valence-electron chi connectivity index (χ1n) is 6.98. The lowest BCUT2D eigenvalue weighted by atomic mass is 10.1. The maximum atomic E-state index is 12.5. The Labute approximate surface area is 135 Å². The molecule has 0 spiro atoms. The molecule has 3 rings (SSSR count). The molecule has 0 atom stereocenters. The van der Waals surface area contributed by atoms with Crippen LogP contribution in [0.4, 0.5) is 0 Å². The van der Waals surface area contributed by atoms with Crippen LogP contribution in [0, 0.1) is 0 Å². The van der Waals surface area contributed by atoms with Crippen molar-refractivity contribution in [1.82, 2.24) is 10.0 Å². The molecule has 0 amide bonds. The van der Waals surface area contributed by atoms with E-state index in [0.717, 1.165) is 11.1 Å². The van der Waals surface area contributed by atoms with Crippen LogP contribution in [0.5, 0.6) is 0 Å². The van der Waals surface area contributed by atoms with E-state index >= 15 is 0 Å². The second-order valence-corrected chi connectivity index (χ2v) is 6.53. The molecule has 5 nitrogen and oxygen atoms in total. The lowest BCUT2D eigenvalue weighted by Crippen LogP contribution is -2.29. The Morgan fingerprint density at radius 3 is 2.57 bits per heavy atom. The average molecular weight is 325 g/mol. The van der Waals surface area contributed by atoms with Gasteiger partial charge in [0.15, 0.2) is 0 Å². The smallest absolute Gasteiger partial charge is 0.263 e. The lowest BCUT2D eigenvalue weighted by molar-refractivity contribution is 0.586. The first-order chi connectivity index (χ1) is 11.1. The van der Waals surface area contributed by atoms with E-state index in [1.807, 2.05) is 36.4 Å². The van der Waals surface area contributed by atoms with Gasteiger partial charge >= 0.3 is 0 Å². The van der Waals surface area contributed by atoms with Crippen molar-refractivity contribution in [1.29, 1.82) is 0 Å². The Bertz CT molecular complexity index is 885. The van der Waals surface area contributed by atoms with Gasteiger partial charge in [-0.3, -0.25) is 9.71 Å². The molecule has 6 heteroatoms. The van der Waals surface area contributed by atoms with Crippen LogP contribution in [0.1, 0.15) is 0 Å². The summed E-state index contributed by atoms with van der Waals surface area (Å²) in [6, 6.07) is 16.4. The van der Waals surface area contributed by atoms with E-state index < -0.39 is 10.0 Å². The number of hydrogen-bond donors (Lipinski definition) is 2. The number of nitrogens with one attached hydrogen (secondary N) is 2. The third-order valence-electron chi connectivity index (χ3n) is 3.21. The molecule has 2 N–H and O–H groups in total. The molecule has 0 fully saturated rings. The molecule has 0 aliphatic carbocycles. The fourth-order valence-electron chi connectivity index (χ4n) is 2.12. The van der Waals surface area contributed by atoms with Gasteiger partial charge in [0, 0.05) is 12.4 Å². The molecular weight excluding hydrogens is 310 g/mol. The summed E-state index contributed by atoms with van der Waals surface area (Å²) in [4.78, 5) is 4.13. The second-order valence-electron chi connectivity index (χ2n) is 4.84. The van der Waals surface area contributed by atoms with Gasteiger partial charge in [-0.25, -0.2) is 8.42 Å². The highest BCUT2D eigenvalue weighted by Gasteiger charge is 2.16. The van der Waals surface area contributed by atoms with Gasteiger partial charge in [-0.05, 0) is 29.3 Å². The molecule has 23 heavy (non-hydrogen) atoms. The number of aliphatic imine (C=N–C) groups is 1. The Kier molecular flexibility index (Phi) is 4.25. The minimum absolute atomic E-state index is 0.193. The third-order valence-corrected chi connectivity index (χ3v) is 4.57. The minimum atomic E-state index is -3.70. The number of benzene rings is 2. The zero-order chi connectivity index (χ0) is 16.1. The van der Waals surface area contributed by atoms with Gasteiger partial charge in [0.25, 0.3) is 10.0 Å². The second kappa shape index (κ2) is 6.50. The highest BCUT2D eigenvalue weighted by molar-refractivity contribution is 7.89. The van der Waals surface area contributed by atoms with Crippen molar-refractivity contribution in [3.63, 3.8) is 0 Å². The van der Waals surface area contributed by atoms with Crippen LogP contribution in [0.25, 0.3) is 11.1 Å². The monoisotopic (exact) mass is 325 g/mol. The molecule has 2 aromatic carbocycles. The summed E-state index contributed by atoms with van der Waals surface area (Å²) in [6.45, 7) is 0. The molecule has 1 heterocycles. The molecule has 0 saturated carbocycles. The van der Waals surface area contributed by atoms with E-state index in [4.69, 9.17) is 0 Å². The summed E-state index contributed by atoms with van der Waals surface area (Å²) in [5.74, 6) is 0.292. The van der Waals surface area contributed by atoms with E-state index in [1.54, 1.807) is 36.7 Å². The van der Waals surface area contributed by atoms with E-state index in [1.165, 1.54) is 6.20 Å². The summed E-state index contributed by atoms with van der Waals surface area (Å²) in [5.41, 5.74) is 1.80. The van der Waals surface area contributed by atoms with Crippen molar-refractivity contribution in [2.24, 2.45) is 4.99 Å². The fourth-order valence-corrected chi connectivity index (χ4v) is 3.18. The van der Waals surface area contributed by atoms with Crippen molar-refractivity contribution in [3.8, 4) is 11.1 Å². The van der Waals surface area contributed by atoms with E-state index in [-0.39, 0.29) is 4.90 Å². The third kappa shape index (κ3) is 3.67. The first-order valence-corrected chi connectivity index (χ1v) is 8.47. The standard InChI is InChI=1S/C17H15N3O2S/c21-23(22,20-17-13-18-10-5-11-19-17)16-9-4-8-15(12-16)14-6-2-1-3-7-14/h1-13,19-20H. The van der Waals surface area contributed by atoms with Crippen LogP contribution >= 0.6 is 0 Å². The molecular formula is C17H15N3O2S. The summed E-state index contributed by atoms with van der Waals surface area (Å²) in [5, 5.41) is 2.82. The molecule has 0 aromatic heterocycles. The summed E-state index contributed by atoms with van der Waals surface area (Å²) in [6.07, 6.45) is 6.25. The number of nitrogens with zero attached hydrogens (tertiary/aromatic N) is 1. The summed E-state index contributed by atoms with van der Waals surface area (Å²) >= 11 is 0. The molecule has 0 unspecified atom stereocenters. The lowest BCUT2D eigenvalue weighted by Gasteiger charge is -2.11. The molecule has 0 radical (unpaired) electrons. The number of hydrogen-bond acceptors (Lipinski definition) is 4. The molecule has 1 aliphatic heterocycles. The maximum Gasteiger partial charge on any atom is 0.263 e. The SMILES string of the molecule is O=S(=O)(NC1=CN=CC=CN1)c1cccc(-c2ccccc2)c1. The Hall–Kier alpha value is -2.86. The van der Waals surface area contributed by atoms with Crippen LogP contribution in [0.3, 0.4) is 0 Å². The van der Waals surface area contributed by atoms with Gasteiger partial charge in [0.1, 0.15) is 5.82 Å². The number of rotatable bonds is 4.